The Labute approximate surface area is 188 Å². The maximum Gasteiger partial charge on any atom is 0.416 e. The van der Waals surface area contributed by atoms with Gasteiger partial charge in [-0.15, -0.1) is 10.2 Å². The highest BCUT2D eigenvalue weighted by Gasteiger charge is 2.37. The molecule has 0 radical (unpaired) electrons. The third-order valence-electron chi connectivity index (χ3n) is 4.44. The molecule has 2 aromatic heterocycles. The lowest BCUT2D eigenvalue weighted by molar-refractivity contribution is -0.143. The summed E-state index contributed by atoms with van der Waals surface area (Å²) >= 11 is 0. The van der Waals surface area contributed by atoms with E-state index in [1.807, 2.05) is 0 Å². The van der Waals surface area contributed by atoms with Gasteiger partial charge in [-0.25, -0.2) is 18.5 Å². The van der Waals surface area contributed by atoms with Crippen LogP contribution < -0.4 is 5.14 Å². The number of alkyl halides is 6. The van der Waals surface area contributed by atoms with E-state index in [-0.39, 0.29) is 28.8 Å². The predicted molar refractivity (Wildman–Crippen MR) is 104 cm³/mol. The van der Waals surface area contributed by atoms with Crippen molar-refractivity contribution in [1.82, 2.24) is 25.2 Å². The SMILES string of the molecule is CC(O)(CS(N)(=O)=O)c1cccc(-c2nnn(Cc3cc(C(F)(F)F)cc(C(F)(F)F)c3)n2)n1. The van der Waals surface area contributed by atoms with E-state index in [1.165, 1.54) is 25.1 Å². The van der Waals surface area contributed by atoms with Crippen molar-refractivity contribution in [2.24, 2.45) is 5.14 Å². The zero-order chi connectivity index (χ0) is 25.5. The van der Waals surface area contributed by atoms with Gasteiger partial charge in [0.05, 0.1) is 29.1 Å². The summed E-state index contributed by atoms with van der Waals surface area (Å²) in [6.45, 7) is 0.600. The van der Waals surface area contributed by atoms with E-state index in [0.29, 0.717) is 12.1 Å². The van der Waals surface area contributed by atoms with Crippen molar-refractivity contribution < 1.29 is 39.9 Å². The lowest BCUT2D eigenvalue weighted by Crippen LogP contribution is -2.35. The first-order valence-corrected chi connectivity index (χ1v) is 10.9. The number of nitrogens with zero attached hydrogens (tertiary/aromatic N) is 5. The number of hydrogen-bond donors (Lipinski definition) is 2. The normalized spacial score (nSPS) is 14.7. The van der Waals surface area contributed by atoms with Crippen molar-refractivity contribution in [3.05, 3.63) is 58.8 Å². The van der Waals surface area contributed by atoms with Gasteiger partial charge in [0.15, 0.2) is 0 Å². The highest BCUT2D eigenvalue weighted by molar-refractivity contribution is 7.89. The van der Waals surface area contributed by atoms with Crippen LogP contribution >= 0.6 is 0 Å². The molecule has 0 amide bonds. The zero-order valence-electron chi connectivity index (χ0n) is 17.1. The van der Waals surface area contributed by atoms with E-state index in [1.54, 1.807) is 0 Å². The smallest absolute Gasteiger partial charge is 0.383 e. The highest BCUT2D eigenvalue weighted by atomic mass is 32.2. The second-order valence-corrected chi connectivity index (χ2v) is 9.16. The number of aliphatic hydroxyl groups is 1. The van der Waals surface area contributed by atoms with Crippen LogP contribution in [0.2, 0.25) is 0 Å². The number of halogens is 6. The maximum atomic E-state index is 13.0. The lowest BCUT2D eigenvalue weighted by Gasteiger charge is -2.21. The largest absolute Gasteiger partial charge is 0.416 e. The van der Waals surface area contributed by atoms with E-state index in [4.69, 9.17) is 5.14 Å². The molecule has 9 nitrogen and oxygen atoms in total. The first-order valence-electron chi connectivity index (χ1n) is 9.21. The standard InChI is InChI=1S/C18H16F6N6O3S/c1-16(31,9-34(25,32)33)14-4-2-3-13(26-14)15-27-29-30(28-15)8-10-5-11(17(19,20)21)7-12(6-10)18(22,23)24/h2-7,31H,8-9H2,1H3,(H2,25,32,33). The van der Waals surface area contributed by atoms with E-state index in [9.17, 15) is 39.9 Å². The van der Waals surface area contributed by atoms with Gasteiger partial charge in [-0.1, -0.05) is 6.07 Å². The molecule has 3 aromatic rings. The number of pyridine rings is 1. The number of nitrogens with two attached hydrogens (primary N) is 1. The summed E-state index contributed by atoms with van der Waals surface area (Å²) in [5, 5.41) is 26.6. The Morgan fingerprint density at radius 1 is 1.03 bits per heavy atom. The van der Waals surface area contributed by atoms with Crippen LogP contribution in [0.1, 0.15) is 29.3 Å². The summed E-state index contributed by atoms with van der Waals surface area (Å²) in [7, 11) is -4.06. The molecular formula is C18H16F6N6O3S. The number of sulfonamides is 1. The summed E-state index contributed by atoms with van der Waals surface area (Å²) in [5.41, 5.74) is -5.38. The van der Waals surface area contributed by atoms with Gasteiger partial charge in [-0.3, -0.25) is 0 Å². The second kappa shape index (κ2) is 8.59. The van der Waals surface area contributed by atoms with E-state index in [0.717, 1.165) is 4.80 Å². The van der Waals surface area contributed by atoms with E-state index < -0.39 is 51.4 Å². The maximum absolute atomic E-state index is 13.0. The quantitative estimate of drug-likeness (QED) is 0.486. The number of benzene rings is 1. The molecule has 0 saturated carbocycles. The van der Waals surface area contributed by atoms with Crippen molar-refractivity contribution in [2.75, 3.05) is 5.75 Å². The molecule has 0 aliphatic carbocycles. The molecule has 1 unspecified atom stereocenters. The minimum Gasteiger partial charge on any atom is -0.383 e. The van der Waals surface area contributed by atoms with Crippen LogP contribution in [0.3, 0.4) is 0 Å². The summed E-state index contributed by atoms with van der Waals surface area (Å²) < 4.78 is 101. The Bertz CT molecular complexity index is 1270. The van der Waals surface area contributed by atoms with Crippen molar-refractivity contribution in [2.45, 2.75) is 31.4 Å². The van der Waals surface area contributed by atoms with Gasteiger partial charge >= 0.3 is 12.4 Å². The van der Waals surface area contributed by atoms with Crippen molar-refractivity contribution in [3.63, 3.8) is 0 Å². The van der Waals surface area contributed by atoms with Crippen LogP contribution in [0.4, 0.5) is 26.3 Å². The molecule has 3 rings (SSSR count). The van der Waals surface area contributed by atoms with Gasteiger partial charge in [-0.2, -0.15) is 31.1 Å². The monoisotopic (exact) mass is 510 g/mol. The summed E-state index contributed by atoms with van der Waals surface area (Å²) in [4.78, 5) is 4.83. The average Bonchev–Trinajstić information content (AvgIpc) is 3.13. The molecule has 0 spiro atoms. The van der Waals surface area contributed by atoms with Crippen LogP contribution in [0.25, 0.3) is 11.5 Å². The van der Waals surface area contributed by atoms with Crippen LogP contribution in [-0.4, -0.2) is 44.5 Å². The van der Waals surface area contributed by atoms with Gasteiger partial charge in [0.1, 0.15) is 11.3 Å². The molecule has 0 fully saturated rings. The Hall–Kier alpha value is -3.11. The zero-order valence-corrected chi connectivity index (χ0v) is 17.9. The predicted octanol–water partition coefficient (Wildman–Crippen LogP) is 2.32. The molecular weight excluding hydrogens is 494 g/mol. The fraction of sp³-hybridized carbons (Fsp3) is 0.333. The molecule has 2 heterocycles. The van der Waals surface area contributed by atoms with Crippen LogP contribution in [-0.2, 0) is 34.5 Å². The third-order valence-corrected chi connectivity index (χ3v) is 5.40. The molecule has 1 aromatic carbocycles. The minimum absolute atomic E-state index is 0.00650. The van der Waals surface area contributed by atoms with Crippen molar-refractivity contribution in [1.29, 1.82) is 0 Å². The fourth-order valence-corrected chi connectivity index (χ4v) is 3.94. The molecule has 184 valence electrons. The second-order valence-electron chi connectivity index (χ2n) is 7.55. The average molecular weight is 510 g/mol. The Morgan fingerprint density at radius 2 is 1.62 bits per heavy atom. The molecule has 16 heteroatoms. The van der Waals surface area contributed by atoms with Crippen molar-refractivity contribution >= 4 is 10.0 Å². The van der Waals surface area contributed by atoms with Gasteiger partial charge < -0.3 is 5.11 Å². The van der Waals surface area contributed by atoms with E-state index in [2.05, 4.69) is 20.4 Å². The molecule has 3 N–H and O–H groups in total. The number of rotatable bonds is 6. The van der Waals surface area contributed by atoms with Crippen LogP contribution in [0.15, 0.2) is 36.4 Å². The number of hydrogen-bond acceptors (Lipinski definition) is 7. The minimum atomic E-state index is -5.00. The first-order chi connectivity index (χ1) is 15.4. The first kappa shape index (κ1) is 25.5. The number of primary sulfonamides is 1. The summed E-state index contributed by atoms with van der Waals surface area (Å²) in [5.74, 6) is -1.01. The Balaban J connectivity index is 1.91. The van der Waals surface area contributed by atoms with E-state index >= 15 is 0 Å². The highest BCUT2D eigenvalue weighted by Crippen LogP contribution is 2.36. The molecule has 0 bridgehead atoms. The van der Waals surface area contributed by atoms with Gasteiger partial charge in [0.25, 0.3) is 0 Å². The van der Waals surface area contributed by atoms with Crippen LogP contribution in [0.5, 0.6) is 0 Å². The van der Waals surface area contributed by atoms with Crippen molar-refractivity contribution in [3.8, 4) is 11.5 Å². The third kappa shape index (κ3) is 6.27. The molecule has 0 aliphatic rings. The number of aromatic nitrogens is 5. The Morgan fingerprint density at radius 3 is 2.15 bits per heavy atom. The van der Waals surface area contributed by atoms with Crippen LogP contribution in [0, 0.1) is 0 Å². The topological polar surface area (TPSA) is 137 Å². The summed E-state index contributed by atoms with van der Waals surface area (Å²) in [6, 6.07) is 5.19. The van der Waals surface area contributed by atoms with Gasteiger partial charge in [0.2, 0.25) is 15.8 Å². The molecule has 0 saturated heterocycles. The molecule has 34 heavy (non-hydrogen) atoms. The number of tetrazole rings is 1. The molecule has 1 atom stereocenters. The fourth-order valence-electron chi connectivity index (χ4n) is 3.01. The molecule has 0 aliphatic heterocycles. The lowest BCUT2D eigenvalue weighted by atomic mass is 10.0. The van der Waals surface area contributed by atoms with Gasteiger partial charge in [-0.05, 0) is 48.0 Å². The summed E-state index contributed by atoms with van der Waals surface area (Å²) in [6.07, 6.45) is -10.0. The van der Waals surface area contributed by atoms with Gasteiger partial charge in [0, 0.05) is 0 Å². The Kier molecular flexibility index (Phi) is 6.45.